The molecule has 0 unspecified atom stereocenters. The summed E-state index contributed by atoms with van der Waals surface area (Å²) in [6, 6.07) is 14.4. The van der Waals surface area contributed by atoms with Crippen LogP contribution in [-0.4, -0.2) is 28.6 Å². The van der Waals surface area contributed by atoms with Crippen LogP contribution in [0.1, 0.15) is 41.4 Å². The maximum Gasteiger partial charge on any atom is 0.338 e. The van der Waals surface area contributed by atoms with E-state index in [9.17, 15) is 18.8 Å². The van der Waals surface area contributed by atoms with Crippen LogP contribution < -0.4 is 0 Å². The highest BCUT2D eigenvalue weighted by Crippen LogP contribution is 2.35. The number of unbranched alkanes of at least 4 members (excludes halogenated alkanes) is 1. The molecule has 0 spiro atoms. The van der Waals surface area contributed by atoms with Crippen LogP contribution in [0.25, 0.3) is 17.4 Å². The summed E-state index contributed by atoms with van der Waals surface area (Å²) in [7, 11) is 0. The lowest BCUT2D eigenvalue weighted by molar-refractivity contribution is -0.123. The third-order valence-corrected chi connectivity index (χ3v) is 6.55. The summed E-state index contributed by atoms with van der Waals surface area (Å²) in [6.07, 6.45) is 3.23. The van der Waals surface area contributed by atoms with Crippen molar-refractivity contribution in [2.24, 2.45) is 0 Å². The lowest BCUT2D eigenvalue weighted by Crippen LogP contribution is -2.28. The Bertz CT molecular complexity index is 1280. The number of hydrogen-bond acceptors (Lipinski definition) is 6. The van der Waals surface area contributed by atoms with E-state index in [4.69, 9.17) is 20.8 Å². The van der Waals surface area contributed by atoms with Gasteiger partial charge in [-0.3, -0.25) is 14.5 Å². The monoisotopic (exact) mass is 513 g/mol. The van der Waals surface area contributed by atoms with Gasteiger partial charge in [-0.1, -0.05) is 43.1 Å². The van der Waals surface area contributed by atoms with Crippen LogP contribution in [-0.2, 0) is 16.1 Å². The third kappa shape index (κ3) is 5.66. The number of carbonyl (C=O) groups excluding carboxylic acids is 3. The second-order valence-corrected chi connectivity index (χ2v) is 9.14. The van der Waals surface area contributed by atoms with Crippen molar-refractivity contribution in [1.29, 1.82) is 0 Å². The zero-order valence-electron chi connectivity index (χ0n) is 18.8. The van der Waals surface area contributed by atoms with Crippen molar-refractivity contribution in [3.8, 4) is 11.3 Å². The molecule has 2 heterocycles. The number of ether oxygens (including phenoxy) is 1. The second-order valence-electron chi connectivity index (χ2n) is 7.74. The summed E-state index contributed by atoms with van der Waals surface area (Å²) in [5.74, 6) is -0.617. The van der Waals surface area contributed by atoms with Gasteiger partial charge in [-0.05, 0) is 54.6 Å². The van der Waals surface area contributed by atoms with Crippen molar-refractivity contribution in [3.05, 3.63) is 87.2 Å². The van der Waals surface area contributed by atoms with Crippen molar-refractivity contribution in [3.63, 3.8) is 0 Å². The zero-order chi connectivity index (χ0) is 24.9. The number of halogens is 2. The predicted octanol–water partition coefficient (Wildman–Crippen LogP) is 6.93. The van der Waals surface area contributed by atoms with Crippen molar-refractivity contribution in [1.82, 2.24) is 4.90 Å². The average Bonchev–Trinajstić information content (AvgIpc) is 3.41. The Kier molecular flexibility index (Phi) is 7.73. The van der Waals surface area contributed by atoms with E-state index in [2.05, 4.69) is 0 Å². The molecule has 4 rings (SSSR count). The fourth-order valence-electron chi connectivity index (χ4n) is 3.36. The first-order valence-corrected chi connectivity index (χ1v) is 12.1. The number of hydrogen-bond donors (Lipinski definition) is 0. The van der Waals surface area contributed by atoms with E-state index < -0.39 is 17.0 Å². The normalized spacial score (nSPS) is 14.7. The van der Waals surface area contributed by atoms with Crippen LogP contribution in [0.2, 0.25) is 5.02 Å². The summed E-state index contributed by atoms with van der Waals surface area (Å²) in [6.45, 7) is 2.15. The Hall–Kier alpha value is -3.36. The van der Waals surface area contributed by atoms with Crippen molar-refractivity contribution >= 4 is 46.6 Å². The van der Waals surface area contributed by atoms with Gasteiger partial charge < -0.3 is 9.15 Å². The number of carbonyl (C=O) groups is 3. The number of nitrogens with zero attached hydrogens (tertiary/aromatic N) is 1. The van der Waals surface area contributed by atoms with E-state index >= 15 is 0 Å². The van der Waals surface area contributed by atoms with Crippen LogP contribution in [0.4, 0.5) is 9.18 Å². The molecule has 0 bridgehead atoms. The molecular formula is C26H21ClFNO5S. The van der Waals surface area contributed by atoms with E-state index in [-0.39, 0.29) is 28.0 Å². The van der Waals surface area contributed by atoms with E-state index in [1.807, 2.05) is 6.92 Å². The zero-order valence-corrected chi connectivity index (χ0v) is 20.3. The minimum Gasteiger partial charge on any atom is -0.462 e. The Morgan fingerprint density at radius 2 is 1.91 bits per heavy atom. The quantitative estimate of drug-likeness (QED) is 0.184. The van der Waals surface area contributed by atoms with Crippen molar-refractivity contribution in [2.45, 2.75) is 26.3 Å². The molecule has 2 aromatic carbocycles. The molecular weight excluding hydrogens is 493 g/mol. The Balaban J connectivity index is 1.46. The first-order valence-electron chi connectivity index (χ1n) is 10.9. The number of furan rings is 1. The van der Waals surface area contributed by atoms with Crippen LogP contribution in [0.15, 0.2) is 63.9 Å². The molecule has 2 amide bonds. The summed E-state index contributed by atoms with van der Waals surface area (Å²) in [5, 5.41) is -0.377. The summed E-state index contributed by atoms with van der Waals surface area (Å²) >= 11 is 6.78. The highest BCUT2D eigenvalue weighted by molar-refractivity contribution is 8.18. The van der Waals surface area contributed by atoms with Gasteiger partial charge in [0.05, 0.1) is 23.6 Å². The molecule has 1 aromatic heterocycles. The first-order chi connectivity index (χ1) is 16.9. The summed E-state index contributed by atoms with van der Waals surface area (Å²) < 4.78 is 25.1. The molecule has 180 valence electrons. The van der Waals surface area contributed by atoms with Crippen LogP contribution >= 0.6 is 23.4 Å². The summed E-state index contributed by atoms with van der Waals surface area (Å²) in [4.78, 5) is 38.3. The number of rotatable bonds is 8. The number of amides is 2. The number of thioether (sulfide) groups is 1. The molecule has 9 heteroatoms. The summed E-state index contributed by atoms with van der Waals surface area (Å²) in [5.41, 5.74) is 1.26. The molecule has 0 radical (unpaired) electrons. The molecule has 0 N–H and O–H groups in total. The van der Waals surface area contributed by atoms with Gasteiger partial charge in [-0.15, -0.1) is 0 Å². The van der Waals surface area contributed by atoms with Gasteiger partial charge in [-0.25, -0.2) is 9.18 Å². The molecule has 1 aliphatic rings. The largest absolute Gasteiger partial charge is 0.462 e. The van der Waals surface area contributed by atoms with Crippen LogP contribution in [0.5, 0.6) is 0 Å². The van der Waals surface area contributed by atoms with E-state index in [1.165, 1.54) is 24.3 Å². The van der Waals surface area contributed by atoms with Crippen molar-refractivity contribution < 1.29 is 27.9 Å². The topological polar surface area (TPSA) is 76.8 Å². The second kappa shape index (κ2) is 10.9. The van der Waals surface area contributed by atoms with Crippen molar-refractivity contribution in [2.75, 3.05) is 6.61 Å². The molecule has 1 aliphatic heterocycles. The number of esters is 1. The molecule has 6 nitrogen and oxygen atoms in total. The molecule has 0 atom stereocenters. The molecule has 1 fully saturated rings. The molecule has 0 aliphatic carbocycles. The maximum atomic E-state index is 14.1. The van der Waals surface area contributed by atoms with E-state index in [0.717, 1.165) is 35.1 Å². The number of benzene rings is 2. The van der Waals surface area contributed by atoms with E-state index in [0.29, 0.717) is 23.7 Å². The number of imide groups is 1. The highest BCUT2D eigenvalue weighted by atomic mass is 35.5. The standard InChI is InChI=1S/C26H21ClFNO5S/c1-2-3-13-33-25(31)17-9-7-16(8-10-17)22-12-11-18(34-22)14-23-24(30)29(26(32)35-23)15-19-20(27)5-4-6-21(19)28/h4-12,14H,2-3,13,15H2,1H3/b23-14+. The minimum absolute atomic E-state index is 0.0793. The van der Waals surface area contributed by atoms with Gasteiger partial charge >= 0.3 is 5.97 Å². The third-order valence-electron chi connectivity index (χ3n) is 5.29. The average molecular weight is 514 g/mol. The molecule has 0 saturated carbocycles. The highest BCUT2D eigenvalue weighted by Gasteiger charge is 2.36. The lowest BCUT2D eigenvalue weighted by Gasteiger charge is -2.14. The van der Waals surface area contributed by atoms with Gasteiger partial charge in [0.25, 0.3) is 11.1 Å². The minimum atomic E-state index is -0.587. The predicted molar refractivity (Wildman–Crippen MR) is 132 cm³/mol. The Morgan fingerprint density at radius 3 is 2.63 bits per heavy atom. The molecule has 3 aromatic rings. The smallest absolute Gasteiger partial charge is 0.338 e. The van der Waals surface area contributed by atoms with Gasteiger partial charge in [0, 0.05) is 22.2 Å². The fraction of sp³-hybridized carbons (Fsp3) is 0.192. The van der Waals surface area contributed by atoms with Crippen LogP contribution in [0.3, 0.4) is 0 Å². The Morgan fingerprint density at radius 1 is 1.14 bits per heavy atom. The molecule has 1 saturated heterocycles. The molecule has 35 heavy (non-hydrogen) atoms. The van der Waals surface area contributed by atoms with Gasteiger partial charge in [0.15, 0.2) is 0 Å². The first kappa shape index (κ1) is 24.8. The Labute approximate surface area is 210 Å². The van der Waals surface area contributed by atoms with Gasteiger partial charge in [-0.2, -0.15) is 0 Å². The SMILES string of the molecule is CCCCOC(=O)c1ccc(-c2ccc(/C=C3/SC(=O)N(Cc4c(F)cccc4Cl)C3=O)o2)cc1. The fourth-order valence-corrected chi connectivity index (χ4v) is 4.40. The lowest BCUT2D eigenvalue weighted by atomic mass is 10.1. The van der Waals surface area contributed by atoms with Gasteiger partial charge in [0.1, 0.15) is 17.3 Å². The van der Waals surface area contributed by atoms with Gasteiger partial charge in [0.2, 0.25) is 0 Å². The van der Waals surface area contributed by atoms with Crippen LogP contribution in [0, 0.1) is 5.82 Å². The van der Waals surface area contributed by atoms with E-state index in [1.54, 1.807) is 36.4 Å². The maximum absolute atomic E-state index is 14.1.